The molecule has 0 bridgehead atoms. The molecule has 0 saturated heterocycles. The van der Waals surface area contributed by atoms with Gasteiger partial charge in [0.15, 0.2) is 0 Å². The Morgan fingerprint density at radius 3 is 3.00 bits per heavy atom. The lowest BCUT2D eigenvalue weighted by Crippen LogP contribution is -1.95. The highest BCUT2D eigenvalue weighted by Gasteiger charge is 1.91. The lowest BCUT2D eigenvalue weighted by atomic mass is 10.3. The van der Waals surface area contributed by atoms with Gasteiger partial charge in [0.25, 0.3) is 0 Å². The van der Waals surface area contributed by atoms with Gasteiger partial charge < -0.3 is 4.74 Å². The topological polar surface area (TPSA) is 9.23 Å². The lowest BCUT2D eigenvalue weighted by Gasteiger charge is -2.01. The molecular formula is C9H14OS. The third kappa shape index (κ3) is 3.42. The molecule has 1 heterocycles. The van der Waals surface area contributed by atoms with Crippen LogP contribution in [0.25, 0.3) is 0 Å². The van der Waals surface area contributed by atoms with E-state index in [1.807, 2.05) is 16.8 Å². The number of ether oxygens (including phenoxy) is 1. The van der Waals surface area contributed by atoms with Crippen molar-refractivity contribution < 1.29 is 4.74 Å². The quantitative estimate of drug-likeness (QED) is 0.616. The molecule has 2 heteroatoms. The van der Waals surface area contributed by atoms with Crippen LogP contribution < -0.4 is 4.74 Å². The third-order valence-electron chi connectivity index (χ3n) is 1.51. The van der Waals surface area contributed by atoms with Crippen molar-refractivity contribution in [3.8, 4) is 5.75 Å². The van der Waals surface area contributed by atoms with Gasteiger partial charge >= 0.3 is 0 Å². The summed E-state index contributed by atoms with van der Waals surface area (Å²) >= 11 is 1.68. The molecule has 0 aliphatic carbocycles. The van der Waals surface area contributed by atoms with Crippen LogP contribution >= 0.6 is 11.3 Å². The molecule has 1 nitrogen and oxygen atoms in total. The fourth-order valence-corrected chi connectivity index (χ4v) is 1.45. The zero-order valence-electron chi connectivity index (χ0n) is 6.88. The van der Waals surface area contributed by atoms with Gasteiger partial charge in [0.05, 0.1) is 6.61 Å². The molecule has 0 N–H and O–H groups in total. The Labute approximate surface area is 72.0 Å². The lowest BCUT2D eigenvalue weighted by molar-refractivity contribution is 0.307. The smallest absolute Gasteiger partial charge is 0.129 e. The Kier molecular flexibility index (Phi) is 4.06. The maximum absolute atomic E-state index is 5.46. The molecule has 11 heavy (non-hydrogen) atoms. The van der Waals surface area contributed by atoms with Gasteiger partial charge in [-0.3, -0.25) is 0 Å². The first-order valence-corrected chi connectivity index (χ1v) is 5.02. The molecule has 0 amide bonds. The standard InChI is InChI=1S/C9H14OS/c1-2-3-4-6-10-9-5-7-11-8-9/h5,7-8H,2-4,6H2,1H3. The summed E-state index contributed by atoms with van der Waals surface area (Å²) in [7, 11) is 0. The SMILES string of the molecule is CCCCCOc1ccsc1. The highest BCUT2D eigenvalue weighted by molar-refractivity contribution is 7.08. The number of rotatable bonds is 5. The van der Waals surface area contributed by atoms with Crippen molar-refractivity contribution >= 4 is 11.3 Å². The maximum Gasteiger partial charge on any atom is 0.129 e. The molecule has 1 rings (SSSR count). The van der Waals surface area contributed by atoms with E-state index < -0.39 is 0 Å². The van der Waals surface area contributed by atoms with Crippen molar-refractivity contribution in [2.24, 2.45) is 0 Å². The summed E-state index contributed by atoms with van der Waals surface area (Å²) in [6.07, 6.45) is 3.70. The van der Waals surface area contributed by atoms with Crippen LogP contribution in [0.15, 0.2) is 16.8 Å². The number of thiophene rings is 1. The third-order valence-corrected chi connectivity index (χ3v) is 2.17. The second-order valence-corrected chi connectivity index (χ2v) is 3.29. The number of hydrogen-bond acceptors (Lipinski definition) is 2. The summed E-state index contributed by atoms with van der Waals surface area (Å²) in [6.45, 7) is 3.06. The second kappa shape index (κ2) is 5.19. The van der Waals surface area contributed by atoms with Crippen LogP contribution in [0.2, 0.25) is 0 Å². The van der Waals surface area contributed by atoms with E-state index in [1.165, 1.54) is 19.3 Å². The molecule has 0 saturated carbocycles. The maximum atomic E-state index is 5.46. The van der Waals surface area contributed by atoms with Crippen LogP contribution in [0.1, 0.15) is 26.2 Å². The summed E-state index contributed by atoms with van der Waals surface area (Å²) in [4.78, 5) is 0. The largest absolute Gasteiger partial charge is 0.493 e. The second-order valence-electron chi connectivity index (χ2n) is 2.51. The molecule has 0 spiro atoms. The van der Waals surface area contributed by atoms with Gasteiger partial charge in [-0.2, -0.15) is 0 Å². The first-order chi connectivity index (χ1) is 5.43. The monoisotopic (exact) mass is 170 g/mol. The Morgan fingerprint density at radius 2 is 2.36 bits per heavy atom. The normalized spacial score (nSPS) is 9.91. The summed E-state index contributed by atoms with van der Waals surface area (Å²) in [5.74, 6) is 1.02. The van der Waals surface area contributed by atoms with Crippen LogP contribution in [-0.2, 0) is 0 Å². The molecule has 0 aromatic carbocycles. The molecule has 0 fully saturated rings. The van der Waals surface area contributed by atoms with E-state index in [0.29, 0.717) is 0 Å². The van der Waals surface area contributed by atoms with Gasteiger partial charge in [0.1, 0.15) is 5.75 Å². The average Bonchev–Trinajstić information content (AvgIpc) is 2.50. The van der Waals surface area contributed by atoms with Crippen molar-refractivity contribution in [1.82, 2.24) is 0 Å². The number of hydrogen-bond donors (Lipinski definition) is 0. The van der Waals surface area contributed by atoms with E-state index >= 15 is 0 Å². The van der Waals surface area contributed by atoms with Crippen LogP contribution in [0.4, 0.5) is 0 Å². The van der Waals surface area contributed by atoms with Crippen LogP contribution in [-0.4, -0.2) is 6.61 Å². The molecule has 0 atom stereocenters. The van der Waals surface area contributed by atoms with Gasteiger partial charge in [-0.15, -0.1) is 11.3 Å². The fourth-order valence-electron chi connectivity index (χ4n) is 0.876. The minimum Gasteiger partial charge on any atom is -0.493 e. The zero-order valence-corrected chi connectivity index (χ0v) is 7.69. The van der Waals surface area contributed by atoms with E-state index in [4.69, 9.17) is 4.74 Å². The fraction of sp³-hybridized carbons (Fsp3) is 0.556. The van der Waals surface area contributed by atoms with Gasteiger partial charge in [-0.05, 0) is 17.9 Å². The highest BCUT2D eigenvalue weighted by atomic mass is 32.1. The molecule has 1 aromatic rings. The molecule has 0 aliphatic heterocycles. The van der Waals surface area contributed by atoms with Crippen LogP contribution in [0.5, 0.6) is 5.75 Å². The van der Waals surface area contributed by atoms with Crippen molar-refractivity contribution in [2.75, 3.05) is 6.61 Å². The molecule has 0 aliphatic rings. The predicted octanol–water partition coefficient (Wildman–Crippen LogP) is 3.32. The predicted molar refractivity (Wildman–Crippen MR) is 49.3 cm³/mol. The summed E-state index contributed by atoms with van der Waals surface area (Å²) in [5, 5.41) is 4.07. The van der Waals surface area contributed by atoms with Crippen molar-refractivity contribution in [3.63, 3.8) is 0 Å². The summed E-state index contributed by atoms with van der Waals surface area (Å²) < 4.78 is 5.46. The molecule has 0 radical (unpaired) electrons. The summed E-state index contributed by atoms with van der Waals surface area (Å²) in [6, 6.07) is 2.01. The molecule has 0 unspecified atom stereocenters. The van der Waals surface area contributed by atoms with E-state index in [2.05, 4.69) is 6.92 Å². The minimum atomic E-state index is 0.866. The van der Waals surface area contributed by atoms with Crippen LogP contribution in [0.3, 0.4) is 0 Å². The Balaban J connectivity index is 2.04. The van der Waals surface area contributed by atoms with E-state index in [0.717, 1.165) is 12.4 Å². The highest BCUT2D eigenvalue weighted by Crippen LogP contribution is 2.14. The average molecular weight is 170 g/mol. The van der Waals surface area contributed by atoms with Gasteiger partial charge in [-0.25, -0.2) is 0 Å². The Hall–Kier alpha value is -0.500. The Bertz CT molecular complexity index is 170. The first-order valence-electron chi connectivity index (χ1n) is 4.08. The minimum absolute atomic E-state index is 0.866. The van der Waals surface area contributed by atoms with Gasteiger partial charge in [-0.1, -0.05) is 19.8 Å². The van der Waals surface area contributed by atoms with Gasteiger partial charge in [0.2, 0.25) is 0 Å². The first kappa shape index (κ1) is 8.60. The Morgan fingerprint density at radius 1 is 1.45 bits per heavy atom. The van der Waals surface area contributed by atoms with Crippen molar-refractivity contribution in [3.05, 3.63) is 16.8 Å². The van der Waals surface area contributed by atoms with Crippen molar-refractivity contribution in [2.45, 2.75) is 26.2 Å². The molecule has 62 valence electrons. The molecular weight excluding hydrogens is 156 g/mol. The zero-order chi connectivity index (χ0) is 7.94. The van der Waals surface area contributed by atoms with E-state index in [-0.39, 0.29) is 0 Å². The van der Waals surface area contributed by atoms with Crippen LogP contribution in [0, 0.1) is 0 Å². The molecule has 1 aromatic heterocycles. The van der Waals surface area contributed by atoms with Crippen molar-refractivity contribution in [1.29, 1.82) is 0 Å². The number of unbranched alkanes of at least 4 members (excludes halogenated alkanes) is 2. The van der Waals surface area contributed by atoms with E-state index in [1.54, 1.807) is 11.3 Å². The van der Waals surface area contributed by atoms with E-state index in [9.17, 15) is 0 Å². The van der Waals surface area contributed by atoms with Gasteiger partial charge in [0, 0.05) is 5.38 Å². The summed E-state index contributed by atoms with van der Waals surface area (Å²) in [5.41, 5.74) is 0.